The third-order valence-corrected chi connectivity index (χ3v) is 3.21. The zero-order chi connectivity index (χ0) is 13.7. The van der Waals surface area contributed by atoms with Crippen molar-refractivity contribution in [1.29, 1.82) is 0 Å². The highest BCUT2D eigenvalue weighted by Crippen LogP contribution is 2.21. The number of nitrogens with zero attached hydrogens (tertiary/aromatic N) is 1. The summed E-state index contributed by atoms with van der Waals surface area (Å²) in [5.41, 5.74) is 2.41. The van der Waals surface area contributed by atoms with Crippen LogP contribution in [0.3, 0.4) is 0 Å². The second-order valence-electron chi connectivity index (χ2n) is 4.64. The molecule has 0 saturated carbocycles. The number of aromatic nitrogens is 2. The first kappa shape index (κ1) is 13.6. The number of ether oxygens (including phenoxy) is 1. The quantitative estimate of drug-likeness (QED) is 0.837. The fourth-order valence-electron chi connectivity index (χ4n) is 2.08. The van der Waals surface area contributed by atoms with Crippen molar-refractivity contribution in [2.24, 2.45) is 0 Å². The van der Waals surface area contributed by atoms with Crippen LogP contribution in [0, 0.1) is 0 Å². The van der Waals surface area contributed by atoms with Gasteiger partial charge in [0.05, 0.1) is 12.8 Å². The number of nitrogens with one attached hydrogen (secondary N) is 2. The molecule has 2 atom stereocenters. The first-order chi connectivity index (χ1) is 9.20. The molecule has 2 unspecified atom stereocenters. The fraction of sp³-hybridized carbons (Fsp3) is 0.400. The lowest BCUT2D eigenvalue weighted by Gasteiger charge is -2.19. The second kappa shape index (κ2) is 6.38. The van der Waals surface area contributed by atoms with E-state index in [-0.39, 0.29) is 12.1 Å². The molecule has 0 saturated heterocycles. The molecule has 0 fully saturated rings. The Morgan fingerprint density at radius 3 is 2.42 bits per heavy atom. The Balaban J connectivity index is 1.97. The Bertz CT molecular complexity index is 479. The molecule has 0 aliphatic rings. The van der Waals surface area contributed by atoms with E-state index in [1.54, 1.807) is 0 Å². The third-order valence-electron chi connectivity index (χ3n) is 3.21. The average molecular weight is 259 g/mol. The highest BCUT2D eigenvalue weighted by Gasteiger charge is 2.11. The SMILES string of the molecule is CCOc1ccc(C(C)NC(C)c2cn[nH]c2)cc1. The minimum Gasteiger partial charge on any atom is -0.494 e. The summed E-state index contributed by atoms with van der Waals surface area (Å²) in [6.45, 7) is 6.98. The normalized spacial score (nSPS) is 14.1. The van der Waals surface area contributed by atoms with Crippen molar-refractivity contribution in [2.45, 2.75) is 32.9 Å². The van der Waals surface area contributed by atoms with Gasteiger partial charge in [-0.1, -0.05) is 12.1 Å². The number of aromatic amines is 1. The summed E-state index contributed by atoms with van der Waals surface area (Å²) in [5, 5.41) is 10.4. The van der Waals surface area contributed by atoms with Gasteiger partial charge in [-0.3, -0.25) is 5.10 Å². The predicted octanol–water partition coefficient (Wildman–Crippen LogP) is 3.22. The van der Waals surface area contributed by atoms with Crippen LogP contribution in [0.1, 0.15) is 44.0 Å². The van der Waals surface area contributed by atoms with Crippen molar-refractivity contribution in [3.05, 3.63) is 47.8 Å². The van der Waals surface area contributed by atoms with Crippen LogP contribution < -0.4 is 10.1 Å². The number of H-pyrrole nitrogens is 1. The number of hydrogen-bond acceptors (Lipinski definition) is 3. The highest BCUT2D eigenvalue weighted by atomic mass is 16.5. The summed E-state index contributed by atoms with van der Waals surface area (Å²) in [6, 6.07) is 8.77. The second-order valence-corrected chi connectivity index (χ2v) is 4.64. The van der Waals surface area contributed by atoms with Crippen LogP contribution in [0.4, 0.5) is 0 Å². The van der Waals surface area contributed by atoms with E-state index in [0.29, 0.717) is 6.61 Å². The largest absolute Gasteiger partial charge is 0.494 e. The van der Waals surface area contributed by atoms with E-state index in [9.17, 15) is 0 Å². The van der Waals surface area contributed by atoms with Crippen molar-refractivity contribution in [1.82, 2.24) is 15.5 Å². The molecular weight excluding hydrogens is 238 g/mol. The van der Waals surface area contributed by atoms with Gasteiger partial charge < -0.3 is 10.1 Å². The molecule has 2 rings (SSSR count). The molecule has 102 valence electrons. The molecule has 0 bridgehead atoms. The maximum atomic E-state index is 5.45. The Morgan fingerprint density at radius 1 is 1.16 bits per heavy atom. The fourth-order valence-corrected chi connectivity index (χ4v) is 2.08. The standard InChI is InChI=1S/C15H21N3O/c1-4-19-15-7-5-13(6-8-15)11(2)18-12(3)14-9-16-17-10-14/h5-12,18H,4H2,1-3H3,(H,16,17). The van der Waals surface area contributed by atoms with Gasteiger partial charge in [-0.05, 0) is 38.5 Å². The maximum absolute atomic E-state index is 5.45. The molecule has 0 radical (unpaired) electrons. The molecular formula is C15H21N3O. The number of rotatable bonds is 6. The summed E-state index contributed by atoms with van der Waals surface area (Å²) >= 11 is 0. The lowest BCUT2D eigenvalue weighted by atomic mass is 10.1. The Kier molecular flexibility index (Phi) is 4.58. The Hall–Kier alpha value is -1.81. The van der Waals surface area contributed by atoms with E-state index < -0.39 is 0 Å². The number of benzene rings is 1. The van der Waals surface area contributed by atoms with E-state index in [1.165, 1.54) is 5.56 Å². The van der Waals surface area contributed by atoms with Crippen molar-refractivity contribution in [2.75, 3.05) is 6.61 Å². The van der Waals surface area contributed by atoms with Gasteiger partial charge in [0.1, 0.15) is 5.75 Å². The summed E-state index contributed by atoms with van der Waals surface area (Å²) in [4.78, 5) is 0. The van der Waals surface area contributed by atoms with Gasteiger partial charge in [-0.15, -0.1) is 0 Å². The minimum absolute atomic E-state index is 0.264. The smallest absolute Gasteiger partial charge is 0.119 e. The van der Waals surface area contributed by atoms with Gasteiger partial charge in [-0.2, -0.15) is 5.10 Å². The Labute approximate surface area is 114 Å². The van der Waals surface area contributed by atoms with Crippen molar-refractivity contribution in [3.8, 4) is 5.75 Å². The van der Waals surface area contributed by atoms with E-state index >= 15 is 0 Å². The Morgan fingerprint density at radius 2 is 1.84 bits per heavy atom. The van der Waals surface area contributed by atoms with Crippen LogP contribution in [0.2, 0.25) is 0 Å². The van der Waals surface area contributed by atoms with E-state index in [2.05, 4.69) is 41.5 Å². The number of hydrogen-bond donors (Lipinski definition) is 2. The first-order valence-corrected chi connectivity index (χ1v) is 6.68. The third kappa shape index (κ3) is 3.58. The molecule has 1 aromatic heterocycles. The van der Waals surface area contributed by atoms with Crippen molar-refractivity contribution in [3.63, 3.8) is 0 Å². The summed E-state index contributed by atoms with van der Waals surface area (Å²) in [6.07, 6.45) is 3.77. The monoisotopic (exact) mass is 259 g/mol. The van der Waals surface area contributed by atoms with Gasteiger partial charge in [0.25, 0.3) is 0 Å². The average Bonchev–Trinajstić information content (AvgIpc) is 2.94. The van der Waals surface area contributed by atoms with Crippen LogP contribution in [0.5, 0.6) is 5.75 Å². The zero-order valence-electron chi connectivity index (χ0n) is 11.7. The van der Waals surface area contributed by atoms with Crippen molar-refractivity contribution >= 4 is 0 Å². The molecule has 0 aliphatic carbocycles. The molecule has 19 heavy (non-hydrogen) atoms. The molecule has 1 heterocycles. The molecule has 4 heteroatoms. The first-order valence-electron chi connectivity index (χ1n) is 6.68. The highest BCUT2D eigenvalue weighted by molar-refractivity contribution is 5.29. The van der Waals surface area contributed by atoms with Gasteiger partial charge >= 0.3 is 0 Å². The van der Waals surface area contributed by atoms with E-state index in [4.69, 9.17) is 4.74 Å². The molecule has 2 N–H and O–H groups in total. The van der Waals surface area contributed by atoms with Crippen LogP contribution in [-0.4, -0.2) is 16.8 Å². The lowest BCUT2D eigenvalue weighted by Crippen LogP contribution is -2.22. The van der Waals surface area contributed by atoms with Crippen LogP contribution >= 0.6 is 0 Å². The van der Waals surface area contributed by atoms with Gasteiger partial charge in [-0.25, -0.2) is 0 Å². The molecule has 0 spiro atoms. The lowest BCUT2D eigenvalue weighted by molar-refractivity contribution is 0.340. The van der Waals surface area contributed by atoms with Gasteiger partial charge in [0.15, 0.2) is 0 Å². The molecule has 0 aliphatic heterocycles. The molecule has 4 nitrogen and oxygen atoms in total. The molecule has 0 amide bonds. The maximum Gasteiger partial charge on any atom is 0.119 e. The van der Waals surface area contributed by atoms with Gasteiger partial charge in [0, 0.05) is 23.8 Å². The summed E-state index contributed by atoms with van der Waals surface area (Å²) < 4.78 is 5.45. The minimum atomic E-state index is 0.264. The van der Waals surface area contributed by atoms with E-state index in [1.807, 2.05) is 31.5 Å². The van der Waals surface area contributed by atoms with Crippen molar-refractivity contribution < 1.29 is 4.74 Å². The van der Waals surface area contributed by atoms with Crippen LogP contribution in [0.15, 0.2) is 36.7 Å². The van der Waals surface area contributed by atoms with Crippen LogP contribution in [-0.2, 0) is 0 Å². The molecule has 2 aromatic rings. The van der Waals surface area contributed by atoms with Crippen LogP contribution in [0.25, 0.3) is 0 Å². The summed E-state index contributed by atoms with van der Waals surface area (Å²) in [5.74, 6) is 0.918. The molecule has 1 aromatic carbocycles. The van der Waals surface area contributed by atoms with Gasteiger partial charge in [0.2, 0.25) is 0 Å². The zero-order valence-corrected chi connectivity index (χ0v) is 11.7. The summed E-state index contributed by atoms with van der Waals surface area (Å²) in [7, 11) is 0. The predicted molar refractivity (Wildman–Crippen MR) is 76.2 cm³/mol. The van der Waals surface area contributed by atoms with E-state index in [0.717, 1.165) is 11.3 Å². The topological polar surface area (TPSA) is 49.9 Å².